The van der Waals surface area contributed by atoms with E-state index in [1.165, 1.54) is 64.2 Å². The zero-order valence-corrected chi connectivity index (χ0v) is 18.6. The van der Waals surface area contributed by atoms with Crippen LogP contribution < -0.4 is 0 Å². The first-order valence-corrected chi connectivity index (χ1v) is 12.0. The monoisotopic (exact) mass is 425 g/mol. The molecule has 28 heavy (non-hydrogen) atoms. The van der Waals surface area contributed by atoms with Gasteiger partial charge in [0.05, 0.1) is 31.2 Å². The van der Waals surface area contributed by atoms with Crippen LogP contribution in [0.1, 0.15) is 84.0 Å². The highest BCUT2D eigenvalue weighted by Gasteiger charge is 2.28. The number of hydrogen-bond acceptors (Lipinski definition) is 6. The fraction of sp³-hybridized carbons (Fsp3) is 1.00. The minimum absolute atomic E-state index is 0.0490. The van der Waals surface area contributed by atoms with Crippen molar-refractivity contribution in [1.82, 2.24) is 0 Å². The summed E-state index contributed by atoms with van der Waals surface area (Å²) < 4.78 is 25.4. The van der Waals surface area contributed by atoms with Gasteiger partial charge in [-0.15, -0.1) is 0 Å². The molecule has 0 heterocycles. The lowest BCUT2D eigenvalue weighted by atomic mass is 10.1. The second kappa shape index (κ2) is 20.2. The summed E-state index contributed by atoms with van der Waals surface area (Å²) in [6.45, 7) is 3.63. The summed E-state index contributed by atoms with van der Waals surface area (Å²) in [6.07, 6.45) is 15.2. The maximum atomic E-state index is 10.4. The summed E-state index contributed by atoms with van der Waals surface area (Å²) in [4.78, 5) is 5.78. The van der Waals surface area contributed by atoms with Crippen molar-refractivity contribution in [3.05, 3.63) is 0 Å². The zero-order chi connectivity index (χ0) is 20.9. The van der Waals surface area contributed by atoms with Crippen molar-refractivity contribution in [3.63, 3.8) is 0 Å². The van der Waals surface area contributed by atoms with Crippen LogP contribution in [0.5, 0.6) is 0 Å². The minimum Gasteiger partial charge on any atom is -0.750 e. The number of hydrogen-bond donors (Lipinski definition) is 2. The van der Waals surface area contributed by atoms with Crippen molar-refractivity contribution in [2.24, 2.45) is 0 Å². The maximum Gasteiger partial charge on any atom is 0.132 e. The van der Waals surface area contributed by atoms with Crippen LogP contribution in [0, 0.1) is 0 Å². The molecule has 0 aromatic carbocycles. The number of nitrogens with zero attached hydrogens (tertiary/aromatic N) is 1. The summed E-state index contributed by atoms with van der Waals surface area (Å²) in [5, 5.41) is 18.7. The molecule has 0 aliphatic rings. The Morgan fingerprint density at radius 1 is 0.750 bits per heavy atom. The van der Waals surface area contributed by atoms with Crippen molar-refractivity contribution in [2.75, 3.05) is 46.1 Å². The van der Waals surface area contributed by atoms with E-state index >= 15 is 0 Å². The molecule has 0 aliphatic heterocycles. The minimum atomic E-state index is -2.55. The molecule has 7 nitrogen and oxygen atoms in total. The van der Waals surface area contributed by atoms with Gasteiger partial charge in [-0.1, -0.05) is 71.1 Å². The number of quaternary nitrogens is 1. The number of aliphatic hydroxyl groups excluding tert-OH is 2. The van der Waals surface area contributed by atoms with E-state index in [9.17, 15) is 19.0 Å². The summed E-state index contributed by atoms with van der Waals surface area (Å²) in [6, 6.07) is 0. The molecule has 1 unspecified atom stereocenters. The Hall–Kier alpha value is -0.0900. The molecule has 0 saturated heterocycles. The van der Waals surface area contributed by atoms with E-state index < -0.39 is 11.4 Å². The molecule has 0 rings (SSSR count). The van der Waals surface area contributed by atoms with E-state index in [1.807, 2.05) is 0 Å². The Bertz CT molecular complexity index is 354. The molecule has 0 aromatic heterocycles. The summed E-state index contributed by atoms with van der Waals surface area (Å²) in [7, 11) is 0. The van der Waals surface area contributed by atoms with Gasteiger partial charge in [0.15, 0.2) is 0 Å². The number of aliphatic hydroxyl groups is 2. The van der Waals surface area contributed by atoms with Crippen LogP contribution in [-0.4, -0.2) is 69.7 Å². The third-order valence-corrected chi connectivity index (χ3v) is 5.42. The molecular formula is C20H43NO6S. The molecule has 1 atom stereocenters. The van der Waals surface area contributed by atoms with Crippen LogP contribution in [-0.2, 0) is 20.4 Å². The highest BCUT2D eigenvalue weighted by atomic mass is 32.2. The normalized spacial score (nSPS) is 13.1. The van der Waals surface area contributed by atoms with Crippen LogP contribution in [0.2, 0.25) is 0 Å². The lowest BCUT2D eigenvalue weighted by molar-refractivity contribution is -1.11. The van der Waals surface area contributed by atoms with Crippen LogP contribution in [0.25, 0.3) is 0 Å². The van der Waals surface area contributed by atoms with E-state index in [-0.39, 0.29) is 31.1 Å². The van der Waals surface area contributed by atoms with E-state index in [0.29, 0.717) is 19.6 Å². The second-order valence-corrected chi connectivity index (χ2v) is 8.07. The van der Waals surface area contributed by atoms with Gasteiger partial charge in [0, 0.05) is 0 Å². The van der Waals surface area contributed by atoms with Crippen molar-refractivity contribution >= 4 is 11.4 Å². The quantitative estimate of drug-likeness (QED) is 0.120. The number of unbranched alkanes of at least 4 members (excludes halogenated alkanes) is 11. The topological polar surface area (TPSA) is 99.1 Å². The fourth-order valence-corrected chi connectivity index (χ4v) is 3.67. The van der Waals surface area contributed by atoms with Crippen LogP contribution in [0.15, 0.2) is 0 Å². The van der Waals surface area contributed by atoms with Crippen LogP contribution in [0.4, 0.5) is 0 Å². The summed E-state index contributed by atoms with van der Waals surface area (Å²) in [5.41, 5.74) is 0. The lowest BCUT2D eigenvalue weighted by Gasteiger charge is -2.34. The van der Waals surface area contributed by atoms with Crippen molar-refractivity contribution in [2.45, 2.75) is 84.0 Å². The van der Waals surface area contributed by atoms with E-state index in [1.54, 1.807) is 0 Å². The lowest BCUT2D eigenvalue weighted by Crippen LogP contribution is -2.52. The molecule has 0 bridgehead atoms. The van der Waals surface area contributed by atoms with Gasteiger partial charge in [-0.2, -0.15) is 4.65 Å². The number of hydroxylamine groups is 3. The molecule has 170 valence electrons. The maximum absolute atomic E-state index is 10.4. The van der Waals surface area contributed by atoms with Gasteiger partial charge >= 0.3 is 0 Å². The smallest absolute Gasteiger partial charge is 0.132 e. The molecule has 0 spiro atoms. The van der Waals surface area contributed by atoms with Gasteiger partial charge in [0.1, 0.15) is 26.2 Å². The van der Waals surface area contributed by atoms with Gasteiger partial charge in [-0.05, 0) is 12.8 Å². The molecular weight excluding hydrogens is 382 g/mol. The predicted octanol–water partition coefficient (Wildman–Crippen LogP) is 3.23. The van der Waals surface area contributed by atoms with Gasteiger partial charge in [-0.25, -0.2) is 9.05 Å². The first-order valence-electron chi connectivity index (χ1n) is 11.0. The molecule has 8 heteroatoms. The van der Waals surface area contributed by atoms with E-state index in [0.717, 1.165) is 12.8 Å². The van der Waals surface area contributed by atoms with Gasteiger partial charge < -0.3 is 14.8 Å². The molecule has 0 aliphatic carbocycles. The third kappa shape index (κ3) is 16.8. The molecule has 2 N–H and O–H groups in total. The Morgan fingerprint density at radius 3 is 1.64 bits per heavy atom. The molecule has 0 saturated carbocycles. The van der Waals surface area contributed by atoms with E-state index in [2.05, 4.69) is 11.1 Å². The van der Waals surface area contributed by atoms with Crippen LogP contribution in [0.3, 0.4) is 0 Å². The zero-order valence-electron chi connectivity index (χ0n) is 17.8. The standard InChI is InChI=1S/C20H43NO6S/c1-2-3-4-5-6-7-8-9-10-11-12-13-14-21(15-17-22,16-18-23)26-19-20-27-28(24)25/h22-23H,2-20H2,1H3. The molecule has 0 amide bonds. The van der Waals surface area contributed by atoms with E-state index in [4.69, 9.17) is 4.84 Å². The summed E-state index contributed by atoms with van der Waals surface area (Å²) in [5.74, 6) is 0. The first-order chi connectivity index (χ1) is 13.6. The van der Waals surface area contributed by atoms with Crippen molar-refractivity contribution in [1.29, 1.82) is 0 Å². The van der Waals surface area contributed by atoms with Crippen molar-refractivity contribution in [3.8, 4) is 0 Å². The van der Waals surface area contributed by atoms with Crippen molar-refractivity contribution < 1.29 is 32.6 Å². The highest BCUT2D eigenvalue weighted by Crippen LogP contribution is 2.15. The fourth-order valence-electron chi connectivity index (χ4n) is 3.47. The average Bonchev–Trinajstić information content (AvgIpc) is 2.66. The Kier molecular flexibility index (Phi) is 20.1. The Morgan fingerprint density at radius 2 is 1.21 bits per heavy atom. The third-order valence-electron chi connectivity index (χ3n) is 5.06. The number of rotatable bonds is 22. The first kappa shape index (κ1) is 27.9. The highest BCUT2D eigenvalue weighted by molar-refractivity contribution is 7.74. The Balaban J connectivity index is 3.89. The Labute approximate surface area is 174 Å². The SMILES string of the molecule is CCCCCCCCCCCCCC[N+](CCO)(CCO)OCCOS(=O)[O-]. The van der Waals surface area contributed by atoms with Gasteiger partial charge in [0.2, 0.25) is 0 Å². The largest absolute Gasteiger partial charge is 0.750 e. The predicted molar refractivity (Wildman–Crippen MR) is 111 cm³/mol. The average molecular weight is 426 g/mol. The van der Waals surface area contributed by atoms with Crippen LogP contribution >= 0.6 is 0 Å². The van der Waals surface area contributed by atoms with Gasteiger partial charge in [0.25, 0.3) is 0 Å². The second-order valence-electron chi connectivity index (χ2n) is 7.42. The molecule has 0 radical (unpaired) electrons. The molecule has 0 fully saturated rings. The van der Waals surface area contributed by atoms with Gasteiger partial charge in [-0.3, -0.25) is 4.18 Å². The summed E-state index contributed by atoms with van der Waals surface area (Å²) >= 11 is -2.55. The molecule has 0 aromatic rings.